The Balaban J connectivity index is 1.45. The predicted octanol–water partition coefficient (Wildman–Crippen LogP) is 3.25. The predicted molar refractivity (Wildman–Crippen MR) is 100 cm³/mol. The first kappa shape index (κ1) is 19.9. The molecule has 6 nitrogen and oxygen atoms in total. The molecule has 0 aromatic rings. The van der Waals surface area contributed by atoms with Crippen LogP contribution in [-0.2, 0) is 14.2 Å². The third-order valence-electron chi connectivity index (χ3n) is 6.10. The standard InChI is InChI=1S/C20H36N2O4/c1-18(2,3)26-17(23)22-12-8-20(9-13-22)6-10-21(11-7-20)16-14-24-19(4,5)25-15-16/h16H,6-15H2,1-5H3. The van der Waals surface area contributed by atoms with Crippen LogP contribution in [0.3, 0.4) is 0 Å². The molecule has 3 heterocycles. The SMILES string of the molecule is CC(C)(C)OC(=O)N1CCC2(CC1)CCN(C1COC(C)(C)OC1)CC2. The third-order valence-corrected chi connectivity index (χ3v) is 6.10. The Kier molecular flexibility index (Phi) is 5.58. The zero-order chi connectivity index (χ0) is 19.0. The van der Waals surface area contributed by atoms with E-state index in [4.69, 9.17) is 14.2 Å². The zero-order valence-corrected chi connectivity index (χ0v) is 17.2. The molecule has 3 aliphatic heterocycles. The first-order valence-electron chi connectivity index (χ1n) is 10.1. The average Bonchev–Trinajstić information content (AvgIpc) is 2.55. The Hall–Kier alpha value is -0.850. The Labute approximate surface area is 158 Å². The van der Waals surface area contributed by atoms with Crippen LogP contribution in [0, 0.1) is 5.41 Å². The molecule has 1 amide bonds. The molecular weight excluding hydrogens is 332 g/mol. The first-order valence-corrected chi connectivity index (χ1v) is 10.1. The summed E-state index contributed by atoms with van der Waals surface area (Å²) >= 11 is 0. The van der Waals surface area contributed by atoms with Gasteiger partial charge in [-0.3, -0.25) is 4.90 Å². The van der Waals surface area contributed by atoms with Crippen molar-refractivity contribution in [1.29, 1.82) is 0 Å². The number of likely N-dealkylation sites (tertiary alicyclic amines) is 2. The van der Waals surface area contributed by atoms with Crippen molar-refractivity contribution in [2.75, 3.05) is 39.4 Å². The Morgan fingerprint density at radius 1 is 0.962 bits per heavy atom. The van der Waals surface area contributed by atoms with E-state index in [2.05, 4.69) is 4.90 Å². The lowest BCUT2D eigenvalue weighted by Gasteiger charge is -2.49. The topological polar surface area (TPSA) is 51.2 Å². The molecule has 1 spiro atoms. The van der Waals surface area contributed by atoms with Crippen LogP contribution >= 0.6 is 0 Å². The molecule has 0 atom stereocenters. The Morgan fingerprint density at radius 3 is 1.96 bits per heavy atom. The molecule has 3 fully saturated rings. The quantitative estimate of drug-likeness (QED) is 0.711. The first-order chi connectivity index (χ1) is 12.1. The van der Waals surface area contributed by atoms with E-state index in [1.807, 2.05) is 39.5 Å². The van der Waals surface area contributed by atoms with Crippen LogP contribution in [0.2, 0.25) is 0 Å². The highest BCUT2D eigenvalue weighted by Crippen LogP contribution is 2.42. The van der Waals surface area contributed by atoms with E-state index >= 15 is 0 Å². The van der Waals surface area contributed by atoms with E-state index in [9.17, 15) is 4.79 Å². The minimum absolute atomic E-state index is 0.163. The molecule has 0 saturated carbocycles. The van der Waals surface area contributed by atoms with Gasteiger partial charge < -0.3 is 19.1 Å². The van der Waals surface area contributed by atoms with Crippen molar-refractivity contribution in [2.45, 2.75) is 77.7 Å². The summed E-state index contributed by atoms with van der Waals surface area (Å²) in [6, 6.07) is 0.377. The number of hydrogen-bond acceptors (Lipinski definition) is 5. The van der Waals surface area contributed by atoms with Gasteiger partial charge in [0.25, 0.3) is 0 Å². The molecule has 3 aliphatic rings. The molecule has 0 aromatic heterocycles. The van der Waals surface area contributed by atoms with Crippen LogP contribution in [-0.4, -0.2) is 72.7 Å². The van der Waals surface area contributed by atoms with Gasteiger partial charge in [0.15, 0.2) is 5.79 Å². The Morgan fingerprint density at radius 2 is 1.46 bits per heavy atom. The van der Waals surface area contributed by atoms with Gasteiger partial charge in [-0.15, -0.1) is 0 Å². The van der Waals surface area contributed by atoms with Crippen LogP contribution in [0.25, 0.3) is 0 Å². The maximum absolute atomic E-state index is 12.3. The lowest BCUT2D eigenvalue weighted by Crippen LogP contribution is -2.55. The third kappa shape index (κ3) is 4.90. The molecule has 3 saturated heterocycles. The number of nitrogens with zero attached hydrogens (tertiary/aromatic N) is 2. The summed E-state index contributed by atoms with van der Waals surface area (Å²) in [6.07, 6.45) is 4.42. The number of carbonyl (C=O) groups is 1. The lowest BCUT2D eigenvalue weighted by atomic mass is 9.71. The lowest BCUT2D eigenvalue weighted by molar-refractivity contribution is -0.265. The van der Waals surface area contributed by atoms with Crippen molar-refractivity contribution in [2.24, 2.45) is 5.41 Å². The molecule has 6 heteroatoms. The van der Waals surface area contributed by atoms with E-state index in [1.165, 1.54) is 12.8 Å². The van der Waals surface area contributed by atoms with Crippen LogP contribution in [0.4, 0.5) is 4.79 Å². The van der Waals surface area contributed by atoms with Crippen molar-refractivity contribution in [3.05, 3.63) is 0 Å². The second-order valence-corrected chi connectivity index (χ2v) is 9.68. The molecule has 0 radical (unpaired) electrons. The van der Waals surface area contributed by atoms with Crippen LogP contribution in [0.1, 0.15) is 60.3 Å². The van der Waals surface area contributed by atoms with E-state index in [-0.39, 0.29) is 6.09 Å². The largest absolute Gasteiger partial charge is 0.444 e. The number of carbonyl (C=O) groups excluding carboxylic acids is 1. The average molecular weight is 369 g/mol. The number of piperidine rings is 2. The minimum Gasteiger partial charge on any atom is -0.444 e. The molecule has 3 rings (SSSR count). The smallest absolute Gasteiger partial charge is 0.410 e. The number of amides is 1. The summed E-state index contributed by atoms with van der Waals surface area (Å²) in [5.74, 6) is -0.442. The highest BCUT2D eigenvalue weighted by molar-refractivity contribution is 5.68. The summed E-state index contributed by atoms with van der Waals surface area (Å²) in [5.41, 5.74) is -0.0269. The molecule has 0 N–H and O–H groups in total. The van der Waals surface area contributed by atoms with E-state index < -0.39 is 11.4 Å². The van der Waals surface area contributed by atoms with Crippen molar-refractivity contribution < 1.29 is 19.0 Å². The fourth-order valence-corrected chi connectivity index (χ4v) is 4.25. The molecule has 26 heavy (non-hydrogen) atoms. The summed E-state index contributed by atoms with van der Waals surface area (Å²) in [5, 5.41) is 0. The number of ether oxygens (including phenoxy) is 3. The van der Waals surface area contributed by atoms with Crippen molar-refractivity contribution in [1.82, 2.24) is 9.80 Å². The fourth-order valence-electron chi connectivity index (χ4n) is 4.25. The van der Waals surface area contributed by atoms with Crippen molar-refractivity contribution >= 4 is 6.09 Å². The highest BCUT2D eigenvalue weighted by Gasteiger charge is 2.41. The monoisotopic (exact) mass is 368 g/mol. The normalized spacial score (nSPS) is 27.5. The van der Waals surface area contributed by atoms with Crippen LogP contribution < -0.4 is 0 Å². The molecule has 0 aliphatic carbocycles. The number of hydrogen-bond donors (Lipinski definition) is 0. The zero-order valence-electron chi connectivity index (χ0n) is 17.2. The molecular formula is C20H36N2O4. The van der Waals surface area contributed by atoms with Gasteiger partial charge in [0, 0.05) is 13.1 Å². The van der Waals surface area contributed by atoms with Crippen LogP contribution in [0.5, 0.6) is 0 Å². The molecule has 0 unspecified atom stereocenters. The molecule has 0 aromatic carbocycles. The minimum atomic E-state index is -0.442. The van der Waals surface area contributed by atoms with Crippen LogP contribution in [0.15, 0.2) is 0 Å². The van der Waals surface area contributed by atoms with Gasteiger partial charge in [0.1, 0.15) is 5.60 Å². The molecule has 150 valence electrons. The van der Waals surface area contributed by atoms with E-state index in [1.54, 1.807) is 0 Å². The van der Waals surface area contributed by atoms with E-state index in [0.29, 0.717) is 11.5 Å². The molecule has 0 bridgehead atoms. The van der Waals surface area contributed by atoms with Gasteiger partial charge in [-0.05, 0) is 78.8 Å². The maximum atomic E-state index is 12.3. The van der Waals surface area contributed by atoms with Gasteiger partial charge in [0.05, 0.1) is 19.3 Å². The summed E-state index contributed by atoms with van der Waals surface area (Å²) < 4.78 is 17.2. The fraction of sp³-hybridized carbons (Fsp3) is 0.950. The van der Waals surface area contributed by atoms with Gasteiger partial charge in [0.2, 0.25) is 0 Å². The highest BCUT2D eigenvalue weighted by atomic mass is 16.7. The second kappa shape index (κ2) is 7.28. The van der Waals surface area contributed by atoms with E-state index in [0.717, 1.165) is 52.2 Å². The van der Waals surface area contributed by atoms with Crippen molar-refractivity contribution in [3.8, 4) is 0 Å². The van der Waals surface area contributed by atoms with Gasteiger partial charge >= 0.3 is 6.09 Å². The van der Waals surface area contributed by atoms with Gasteiger partial charge in [-0.1, -0.05) is 0 Å². The van der Waals surface area contributed by atoms with Gasteiger partial charge in [-0.25, -0.2) is 4.79 Å². The summed E-state index contributed by atoms with van der Waals surface area (Å²) in [6.45, 7) is 15.1. The summed E-state index contributed by atoms with van der Waals surface area (Å²) in [7, 11) is 0. The second-order valence-electron chi connectivity index (χ2n) is 9.68. The van der Waals surface area contributed by atoms with Gasteiger partial charge in [-0.2, -0.15) is 0 Å². The number of rotatable bonds is 1. The Bertz CT molecular complexity index is 486. The summed E-state index contributed by atoms with van der Waals surface area (Å²) in [4.78, 5) is 16.7. The van der Waals surface area contributed by atoms with Crippen molar-refractivity contribution in [3.63, 3.8) is 0 Å². The maximum Gasteiger partial charge on any atom is 0.410 e.